The zero-order chi connectivity index (χ0) is 17.1. The molecule has 0 amide bonds. The molecule has 1 unspecified atom stereocenters. The maximum absolute atomic E-state index is 12.7. The minimum atomic E-state index is -3.61. The first-order valence-corrected chi connectivity index (χ1v) is 9.01. The minimum absolute atomic E-state index is 0. The van der Waals surface area contributed by atoms with E-state index in [1.54, 1.807) is 12.1 Å². The first-order valence-electron chi connectivity index (χ1n) is 7.53. The molecule has 0 aliphatic heterocycles. The number of anilines is 1. The van der Waals surface area contributed by atoms with Gasteiger partial charge in [-0.25, -0.2) is 13.1 Å². The second-order valence-electron chi connectivity index (χ2n) is 6.81. The van der Waals surface area contributed by atoms with Gasteiger partial charge in [-0.05, 0) is 43.9 Å². The number of hydrogen-bond acceptors (Lipinski definition) is 4. The predicted molar refractivity (Wildman–Crippen MR) is 100.0 cm³/mol. The van der Waals surface area contributed by atoms with Gasteiger partial charge < -0.3 is 10.6 Å². The van der Waals surface area contributed by atoms with Crippen molar-refractivity contribution in [3.05, 3.63) is 23.8 Å². The van der Waals surface area contributed by atoms with Gasteiger partial charge in [-0.1, -0.05) is 19.9 Å². The van der Waals surface area contributed by atoms with Crippen molar-refractivity contribution in [2.24, 2.45) is 11.7 Å². The molecule has 134 valence electrons. The third-order valence-corrected chi connectivity index (χ3v) is 5.30. The van der Waals surface area contributed by atoms with E-state index < -0.39 is 15.6 Å². The topological polar surface area (TPSA) is 75.4 Å². The highest BCUT2D eigenvalue weighted by molar-refractivity contribution is 7.89. The number of sulfonamides is 1. The zero-order valence-corrected chi connectivity index (χ0v) is 16.5. The quantitative estimate of drug-likeness (QED) is 0.780. The molecule has 0 aliphatic rings. The predicted octanol–water partition coefficient (Wildman–Crippen LogP) is 2.52. The van der Waals surface area contributed by atoms with Crippen LogP contribution in [0.15, 0.2) is 23.1 Å². The Hall–Kier alpha value is -0.820. The van der Waals surface area contributed by atoms with E-state index in [2.05, 4.69) is 18.6 Å². The first kappa shape index (κ1) is 22.2. The number of nitrogens with zero attached hydrogens (tertiary/aromatic N) is 1. The summed E-state index contributed by atoms with van der Waals surface area (Å²) in [5, 5.41) is 0. The number of nitrogens with one attached hydrogen (secondary N) is 1. The number of rotatable bonds is 7. The third-order valence-electron chi connectivity index (χ3n) is 3.66. The molecule has 23 heavy (non-hydrogen) atoms. The van der Waals surface area contributed by atoms with Gasteiger partial charge in [0.05, 0.1) is 4.90 Å². The van der Waals surface area contributed by atoms with Crippen LogP contribution in [0.5, 0.6) is 0 Å². The van der Waals surface area contributed by atoms with E-state index in [9.17, 15) is 8.42 Å². The summed E-state index contributed by atoms with van der Waals surface area (Å²) < 4.78 is 28.2. The average Bonchev–Trinajstić information content (AvgIpc) is 2.36. The Morgan fingerprint density at radius 2 is 1.87 bits per heavy atom. The molecular formula is C16H30ClN3O2S. The van der Waals surface area contributed by atoms with Crippen molar-refractivity contribution in [1.82, 2.24) is 4.72 Å². The van der Waals surface area contributed by atoms with Crippen LogP contribution in [0.3, 0.4) is 0 Å². The maximum atomic E-state index is 12.7. The van der Waals surface area contributed by atoms with Crippen LogP contribution >= 0.6 is 12.4 Å². The lowest BCUT2D eigenvalue weighted by atomic mass is 9.92. The molecule has 3 N–H and O–H groups in total. The monoisotopic (exact) mass is 363 g/mol. The van der Waals surface area contributed by atoms with E-state index in [4.69, 9.17) is 5.73 Å². The lowest BCUT2D eigenvalue weighted by molar-refractivity contribution is 0.344. The van der Waals surface area contributed by atoms with Crippen LogP contribution in [0.25, 0.3) is 0 Å². The fourth-order valence-electron chi connectivity index (χ4n) is 2.69. The lowest BCUT2D eigenvalue weighted by Gasteiger charge is -2.31. The number of nitrogens with two attached hydrogens (primary N) is 1. The average molecular weight is 364 g/mol. The molecule has 0 saturated heterocycles. The van der Waals surface area contributed by atoms with Crippen LogP contribution in [0, 0.1) is 12.8 Å². The number of aryl methyl sites for hydroxylation is 1. The molecule has 1 atom stereocenters. The van der Waals surface area contributed by atoms with Crippen LogP contribution in [0.4, 0.5) is 5.69 Å². The van der Waals surface area contributed by atoms with E-state index in [1.807, 2.05) is 38.9 Å². The third kappa shape index (κ3) is 5.95. The summed E-state index contributed by atoms with van der Waals surface area (Å²) in [5.41, 5.74) is 7.09. The molecule has 0 aromatic heterocycles. The van der Waals surface area contributed by atoms with E-state index in [0.717, 1.165) is 11.3 Å². The summed E-state index contributed by atoms with van der Waals surface area (Å²) >= 11 is 0. The van der Waals surface area contributed by atoms with Crippen molar-refractivity contribution >= 4 is 28.1 Å². The molecule has 1 aromatic rings. The van der Waals surface area contributed by atoms with Crippen LogP contribution in [0.1, 0.15) is 32.8 Å². The van der Waals surface area contributed by atoms with Gasteiger partial charge in [-0.15, -0.1) is 12.4 Å². The Labute approximate surface area is 147 Å². The van der Waals surface area contributed by atoms with Gasteiger partial charge >= 0.3 is 0 Å². The normalized spacial score (nSPS) is 14.3. The van der Waals surface area contributed by atoms with Gasteiger partial charge in [0.15, 0.2) is 0 Å². The van der Waals surface area contributed by atoms with Gasteiger partial charge in [-0.3, -0.25) is 0 Å². The van der Waals surface area contributed by atoms with Crippen molar-refractivity contribution in [1.29, 1.82) is 0 Å². The second kappa shape index (κ2) is 8.33. The van der Waals surface area contributed by atoms with E-state index in [-0.39, 0.29) is 23.8 Å². The maximum Gasteiger partial charge on any atom is 0.241 e. The molecule has 0 aliphatic carbocycles. The van der Waals surface area contributed by atoms with Gasteiger partial charge in [-0.2, -0.15) is 0 Å². The zero-order valence-electron chi connectivity index (χ0n) is 14.9. The molecule has 0 saturated carbocycles. The lowest BCUT2D eigenvalue weighted by Crippen LogP contribution is -2.52. The van der Waals surface area contributed by atoms with E-state index in [1.165, 1.54) is 0 Å². The number of halogens is 1. The van der Waals surface area contributed by atoms with E-state index in [0.29, 0.717) is 12.3 Å². The van der Waals surface area contributed by atoms with Crippen LogP contribution in [-0.2, 0) is 10.0 Å². The number of benzene rings is 1. The SMILES string of the molecule is Cc1ccc(S(=O)(=O)NC(C)(CN)CC(C)C)cc1N(C)C.Cl. The molecule has 0 fully saturated rings. The van der Waals surface area contributed by atoms with Crippen molar-refractivity contribution in [2.45, 2.75) is 44.6 Å². The van der Waals surface area contributed by atoms with Crippen LogP contribution in [0.2, 0.25) is 0 Å². The van der Waals surface area contributed by atoms with Crippen molar-refractivity contribution in [2.75, 3.05) is 25.5 Å². The highest BCUT2D eigenvalue weighted by Gasteiger charge is 2.30. The molecule has 1 rings (SSSR count). The van der Waals surface area contributed by atoms with Crippen molar-refractivity contribution in [3.8, 4) is 0 Å². The fourth-order valence-corrected chi connectivity index (χ4v) is 4.14. The Morgan fingerprint density at radius 1 is 1.30 bits per heavy atom. The van der Waals surface area contributed by atoms with Crippen LogP contribution < -0.4 is 15.4 Å². The standard InChI is InChI=1S/C16H29N3O2S.ClH/c1-12(2)10-16(4,11-17)18-22(20,21)14-8-7-13(3)15(9-14)19(5)6;/h7-9,12,18H,10-11,17H2,1-6H3;1H. The van der Waals surface area contributed by atoms with Gasteiger partial charge in [0, 0.05) is 31.9 Å². The molecular weight excluding hydrogens is 334 g/mol. The first-order chi connectivity index (χ1) is 10.0. The summed E-state index contributed by atoms with van der Waals surface area (Å²) in [6.45, 7) is 8.18. The summed E-state index contributed by atoms with van der Waals surface area (Å²) in [4.78, 5) is 2.18. The molecule has 0 bridgehead atoms. The Bertz CT molecular complexity index is 618. The largest absolute Gasteiger partial charge is 0.377 e. The molecule has 5 nitrogen and oxygen atoms in total. The molecule has 0 radical (unpaired) electrons. The van der Waals surface area contributed by atoms with Gasteiger partial charge in [0.1, 0.15) is 0 Å². The highest BCUT2D eigenvalue weighted by atomic mass is 35.5. The van der Waals surface area contributed by atoms with E-state index >= 15 is 0 Å². The highest BCUT2D eigenvalue weighted by Crippen LogP contribution is 2.24. The molecule has 1 aromatic carbocycles. The van der Waals surface area contributed by atoms with Crippen LogP contribution in [-0.4, -0.2) is 34.6 Å². The Kier molecular flexibility index (Phi) is 8.03. The number of hydrogen-bond donors (Lipinski definition) is 2. The summed E-state index contributed by atoms with van der Waals surface area (Å²) in [7, 11) is 0.190. The van der Waals surface area contributed by atoms with Crippen molar-refractivity contribution in [3.63, 3.8) is 0 Å². The summed E-state index contributed by atoms with van der Waals surface area (Å²) in [5.74, 6) is 0.353. The van der Waals surface area contributed by atoms with Gasteiger partial charge in [0.2, 0.25) is 10.0 Å². The smallest absolute Gasteiger partial charge is 0.241 e. The molecule has 7 heteroatoms. The minimum Gasteiger partial charge on any atom is -0.377 e. The Morgan fingerprint density at radius 3 is 2.30 bits per heavy atom. The van der Waals surface area contributed by atoms with Crippen molar-refractivity contribution < 1.29 is 8.42 Å². The Balaban J connectivity index is 0.00000484. The molecule has 0 spiro atoms. The van der Waals surface area contributed by atoms with Gasteiger partial charge in [0.25, 0.3) is 0 Å². The summed E-state index contributed by atoms with van der Waals surface area (Å²) in [6.07, 6.45) is 0.690. The second-order valence-corrected chi connectivity index (χ2v) is 8.49. The summed E-state index contributed by atoms with van der Waals surface area (Å²) in [6, 6.07) is 5.16. The fraction of sp³-hybridized carbons (Fsp3) is 0.625. The molecule has 0 heterocycles.